The maximum atomic E-state index is 14.2. The van der Waals surface area contributed by atoms with Crippen molar-refractivity contribution >= 4 is 45.8 Å². The van der Waals surface area contributed by atoms with Gasteiger partial charge in [-0.25, -0.2) is 19.2 Å². The molecule has 2 heterocycles. The normalized spacial score (nSPS) is 10.6. The van der Waals surface area contributed by atoms with Crippen LogP contribution in [0.25, 0.3) is 0 Å². The Hall–Kier alpha value is -3.56. The third kappa shape index (κ3) is 5.44. The number of aromatic nitrogens is 2. The summed E-state index contributed by atoms with van der Waals surface area (Å²) >= 11 is 2.53. The Balaban J connectivity index is 1.47. The minimum Gasteiger partial charge on any atom is -0.455 e. The van der Waals surface area contributed by atoms with E-state index < -0.39 is 11.8 Å². The molecule has 0 aliphatic rings. The molecule has 0 aliphatic heterocycles. The van der Waals surface area contributed by atoms with Crippen LogP contribution in [0.5, 0.6) is 0 Å². The number of carbonyl (C=O) groups excluding carboxylic acids is 2. The van der Waals surface area contributed by atoms with Crippen LogP contribution in [0.2, 0.25) is 0 Å². The monoisotopic (exact) mass is 479 g/mol. The number of hydrogen-bond donors (Lipinski definition) is 0. The van der Waals surface area contributed by atoms with Crippen LogP contribution < -0.4 is 4.90 Å². The number of anilines is 2. The fraction of sp³-hybridized carbons (Fsp3) is 0.0833. The zero-order chi connectivity index (χ0) is 23.2. The maximum Gasteiger partial charge on any atom is 0.341 e. The van der Waals surface area contributed by atoms with Crippen LogP contribution in [0, 0.1) is 5.82 Å². The minimum atomic E-state index is -0.534. The summed E-state index contributed by atoms with van der Waals surface area (Å²) < 4.78 is 19.7. The van der Waals surface area contributed by atoms with Crippen molar-refractivity contribution in [2.75, 3.05) is 4.90 Å². The van der Waals surface area contributed by atoms with Crippen molar-refractivity contribution < 1.29 is 18.7 Å². The van der Waals surface area contributed by atoms with Crippen molar-refractivity contribution in [2.45, 2.75) is 23.5 Å². The fourth-order valence-corrected chi connectivity index (χ4v) is 4.71. The van der Waals surface area contributed by atoms with E-state index in [0.717, 1.165) is 16.2 Å². The van der Waals surface area contributed by atoms with Crippen LogP contribution in [-0.4, -0.2) is 21.8 Å². The van der Waals surface area contributed by atoms with Crippen LogP contribution in [0.4, 0.5) is 15.2 Å². The van der Waals surface area contributed by atoms with E-state index in [2.05, 4.69) is 9.97 Å². The van der Waals surface area contributed by atoms with Gasteiger partial charge in [0.05, 0.1) is 16.9 Å². The molecular formula is C24H18FN3O3S2. The van der Waals surface area contributed by atoms with E-state index in [1.807, 2.05) is 30.3 Å². The lowest BCUT2D eigenvalue weighted by Gasteiger charge is -2.18. The van der Waals surface area contributed by atoms with Gasteiger partial charge in [0.25, 0.3) is 0 Å². The maximum absolute atomic E-state index is 14.2. The second kappa shape index (κ2) is 10.4. The van der Waals surface area contributed by atoms with E-state index in [4.69, 9.17) is 4.74 Å². The number of benzene rings is 2. The van der Waals surface area contributed by atoms with E-state index in [-0.39, 0.29) is 18.2 Å². The molecule has 4 rings (SSSR count). The van der Waals surface area contributed by atoms with E-state index in [1.54, 1.807) is 35.8 Å². The molecule has 0 radical (unpaired) electrons. The van der Waals surface area contributed by atoms with E-state index in [1.165, 1.54) is 35.7 Å². The molecule has 0 unspecified atom stereocenters. The zero-order valence-corrected chi connectivity index (χ0v) is 19.1. The van der Waals surface area contributed by atoms with Gasteiger partial charge in [0.2, 0.25) is 5.91 Å². The van der Waals surface area contributed by atoms with Crippen molar-refractivity contribution in [1.82, 2.24) is 9.97 Å². The number of hydrogen-bond acceptors (Lipinski definition) is 7. The predicted molar refractivity (Wildman–Crippen MR) is 125 cm³/mol. The van der Waals surface area contributed by atoms with Gasteiger partial charge in [-0.15, -0.1) is 11.3 Å². The summed E-state index contributed by atoms with van der Waals surface area (Å²) in [4.78, 5) is 35.7. The highest BCUT2D eigenvalue weighted by Gasteiger charge is 2.21. The smallest absolute Gasteiger partial charge is 0.341 e. The first-order chi connectivity index (χ1) is 16.0. The van der Waals surface area contributed by atoms with Crippen molar-refractivity contribution in [2.24, 2.45) is 0 Å². The Morgan fingerprint density at radius 1 is 1.06 bits per heavy atom. The van der Waals surface area contributed by atoms with Crippen LogP contribution >= 0.6 is 23.1 Å². The number of esters is 1. The van der Waals surface area contributed by atoms with Crippen LogP contribution in [-0.2, 0) is 16.1 Å². The number of nitrogens with zero attached hydrogens (tertiary/aromatic N) is 3. The molecule has 0 saturated heterocycles. The number of amides is 1. The Bertz CT molecular complexity index is 1280. The molecule has 0 saturated carbocycles. The number of carbonyl (C=O) groups is 2. The van der Waals surface area contributed by atoms with Crippen molar-refractivity contribution in [3.05, 3.63) is 95.4 Å². The molecule has 2 aromatic heterocycles. The first kappa shape index (κ1) is 22.6. The molecule has 0 aliphatic carbocycles. The van der Waals surface area contributed by atoms with Crippen LogP contribution in [0.15, 0.2) is 88.2 Å². The molecule has 0 bridgehead atoms. The number of rotatable bonds is 7. The third-order valence-corrected chi connectivity index (χ3v) is 6.34. The first-order valence-corrected chi connectivity index (χ1v) is 11.6. The lowest BCUT2D eigenvalue weighted by Crippen LogP contribution is -2.23. The number of ether oxygens (including phenoxy) is 1. The molecule has 0 spiro atoms. The summed E-state index contributed by atoms with van der Waals surface area (Å²) in [5.74, 6) is -1.44. The number of thiazole rings is 1. The molecule has 2 aromatic carbocycles. The predicted octanol–water partition coefficient (Wildman–Crippen LogP) is 5.87. The molecule has 4 aromatic rings. The summed E-state index contributed by atoms with van der Waals surface area (Å²) in [7, 11) is 0. The molecule has 1 amide bonds. The van der Waals surface area contributed by atoms with Gasteiger partial charge in [0.15, 0.2) is 5.13 Å². The van der Waals surface area contributed by atoms with Crippen molar-refractivity contribution in [3.8, 4) is 0 Å². The molecule has 0 fully saturated rings. The van der Waals surface area contributed by atoms with Gasteiger partial charge >= 0.3 is 5.97 Å². The van der Waals surface area contributed by atoms with Crippen LogP contribution in [0.1, 0.15) is 23.0 Å². The number of pyridine rings is 1. The summed E-state index contributed by atoms with van der Waals surface area (Å²) in [5, 5.41) is 2.50. The summed E-state index contributed by atoms with van der Waals surface area (Å²) in [6.45, 7) is 1.24. The second-order valence-corrected chi connectivity index (χ2v) is 8.67. The van der Waals surface area contributed by atoms with E-state index in [0.29, 0.717) is 21.4 Å². The lowest BCUT2D eigenvalue weighted by atomic mass is 10.3. The molecular weight excluding hydrogens is 461 g/mol. The minimum absolute atomic E-state index is 0.0946. The second-order valence-electron chi connectivity index (χ2n) is 6.77. The Morgan fingerprint density at radius 2 is 1.82 bits per heavy atom. The van der Waals surface area contributed by atoms with Gasteiger partial charge in [0, 0.05) is 23.4 Å². The van der Waals surface area contributed by atoms with Gasteiger partial charge in [-0.05, 0) is 36.4 Å². The largest absolute Gasteiger partial charge is 0.455 e. The fourth-order valence-electron chi connectivity index (χ4n) is 2.95. The highest BCUT2D eigenvalue weighted by atomic mass is 32.2. The number of halogens is 1. The Kier molecular flexibility index (Phi) is 7.11. The third-order valence-electron chi connectivity index (χ3n) is 4.44. The molecule has 33 heavy (non-hydrogen) atoms. The molecule has 6 nitrogen and oxygen atoms in total. The lowest BCUT2D eigenvalue weighted by molar-refractivity contribution is -0.115. The van der Waals surface area contributed by atoms with Crippen molar-refractivity contribution in [1.29, 1.82) is 0 Å². The zero-order valence-electron chi connectivity index (χ0n) is 17.5. The van der Waals surface area contributed by atoms with Gasteiger partial charge < -0.3 is 4.74 Å². The highest BCUT2D eigenvalue weighted by molar-refractivity contribution is 7.99. The molecule has 0 N–H and O–H groups in total. The molecule has 9 heteroatoms. The van der Waals surface area contributed by atoms with Gasteiger partial charge in [0.1, 0.15) is 17.5 Å². The van der Waals surface area contributed by atoms with Gasteiger partial charge in [-0.3, -0.25) is 9.69 Å². The molecule has 0 atom stereocenters. The quantitative estimate of drug-likeness (QED) is 0.309. The van der Waals surface area contributed by atoms with Crippen LogP contribution in [0.3, 0.4) is 0 Å². The standard InChI is InChI=1S/C24H18FN3O3S2/c1-16(29)28(21-12-6-5-11-20(21)25)24-27-17(15-32-24)14-31-23(30)19-10-7-13-26-22(19)33-18-8-3-2-4-9-18/h2-13,15H,14H2,1H3. The first-order valence-electron chi connectivity index (χ1n) is 9.87. The molecule has 166 valence electrons. The van der Waals surface area contributed by atoms with Gasteiger partial charge in [-0.2, -0.15) is 0 Å². The summed E-state index contributed by atoms with van der Waals surface area (Å²) in [6, 6.07) is 18.9. The Morgan fingerprint density at radius 3 is 2.58 bits per heavy atom. The highest BCUT2D eigenvalue weighted by Crippen LogP contribution is 2.31. The Labute approximate surface area is 198 Å². The number of para-hydroxylation sites is 1. The average Bonchev–Trinajstić information content (AvgIpc) is 3.28. The van der Waals surface area contributed by atoms with E-state index >= 15 is 0 Å². The average molecular weight is 480 g/mol. The SMILES string of the molecule is CC(=O)N(c1nc(COC(=O)c2cccnc2Sc2ccccc2)cs1)c1ccccc1F. The van der Waals surface area contributed by atoms with E-state index in [9.17, 15) is 14.0 Å². The summed E-state index contributed by atoms with van der Waals surface area (Å²) in [6.07, 6.45) is 1.62. The summed E-state index contributed by atoms with van der Waals surface area (Å²) in [5.41, 5.74) is 0.909. The topological polar surface area (TPSA) is 72.4 Å². The van der Waals surface area contributed by atoms with Gasteiger partial charge in [-0.1, -0.05) is 42.1 Å². The van der Waals surface area contributed by atoms with Crippen molar-refractivity contribution in [3.63, 3.8) is 0 Å².